The molecule has 1 saturated heterocycles. The van der Waals surface area contributed by atoms with E-state index in [0.29, 0.717) is 19.0 Å². The molecule has 1 N–H and O–H groups in total. The molecule has 1 amide bonds. The first-order valence-electron chi connectivity index (χ1n) is 10.1. The standard InChI is InChI=1S/C19H29N3O6S/c1-13(2)29(25,26)18-12-20-17(11-21-18)28-15-5-3-14(4-6-15)27-16-7-9-22(10-8-16)19(23)24/h11-16H,3-10H2,1-2H3,(H,23,24)/t14-,15-. The summed E-state index contributed by atoms with van der Waals surface area (Å²) in [5.41, 5.74) is 0. The van der Waals surface area contributed by atoms with Crippen LogP contribution < -0.4 is 4.74 Å². The van der Waals surface area contributed by atoms with E-state index in [1.54, 1.807) is 13.8 Å². The lowest BCUT2D eigenvalue weighted by atomic mass is 9.94. The van der Waals surface area contributed by atoms with Gasteiger partial charge in [-0.05, 0) is 52.4 Å². The number of aromatic nitrogens is 2. The van der Waals surface area contributed by atoms with Gasteiger partial charge in [0.25, 0.3) is 0 Å². The van der Waals surface area contributed by atoms with Gasteiger partial charge in [-0.3, -0.25) is 0 Å². The summed E-state index contributed by atoms with van der Waals surface area (Å²) >= 11 is 0. The minimum atomic E-state index is -3.44. The van der Waals surface area contributed by atoms with Crippen LogP contribution in [0.2, 0.25) is 0 Å². The van der Waals surface area contributed by atoms with E-state index in [9.17, 15) is 13.2 Å². The Morgan fingerprint density at radius 3 is 2.14 bits per heavy atom. The maximum Gasteiger partial charge on any atom is 0.407 e. The second-order valence-corrected chi connectivity index (χ2v) is 10.4. The topological polar surface area (TPSA) is 119 Å². The number of likely N-dealkylation sites (tertiary alicyclic amines) is 1. The molecule has 2 fully saturated rings. The number of rotatable bonds is 6. The maximum atomic E-state index is 12.1. The number of piperidine rings is 1. The third-order valence-corrected chi connectivity index (χ3v) is 7.56. The van der Waals surface area contributed by atoms with Crippen molar-refractivity contribution >= 4 is 15.9 Å². The largest absolute Gasteiger partial charge is 0.473 e. The molecule has 0 bridgehead atoms. The summed E-state index contributed by atoms with van der Waals surface area (Å²) in [4.78, 5) is 20.5. The molecule has 10 heteroatoms. The molecule has 0 spiro atoms. The van der Waals surface area contributed by atoms with Gasteiger partial charge < -0.3 is 19.5 Å². The van der Waals surface area contributed by atoms with Gasteiger partial charge in [-0.1, -0.05) is 0 Å². The molecule has 1 saturated carbocycles. The summed E-state index contributed by atoms with van der Waals surface area (Å²) in [6, 6.07) is 0. The number of carboxylic acid groups (broad SMARTS) is 1. The quantitative estimate of drug-likeness (QED) is 0.735. The number of hydrogen-bond acceptors (Lipinski definition) is 7. The van der Waals surface area contributed by atoms with Crippen molar-refractivity contribution in [1.29, 1.82) is 0 Å². The molecule has 2 aliphatic rings. The van der Waals surface area contributed by atoms with E-state index < -0.39 is 21.2 Å². The Kier molecular flexibility index (Phi) is 6.94. The molecule has 29 heavy (non-hydrogen) atoms. The van der Waals surface area contributed by atoms with E-state index in [0.717, 1.165) is 38.5 Å². The first-order chi connectivity index (χ1) is 13.8. The molecule has 3 rings (SSSR count). The predicted molar refractivity (Wildman–Crippen MR) is 105 cm³/mol. The maximum absolute atomic E-state index is 12.1. The normalized spacial score (nSPS) is 23.9. The van der Waals surface area contributed by atoms with Gasteiger partial charge in [0, 0.05) is 13.1 Å². The molecule has 0 atom stereocenters. The van der Waals surface area contributed by atoms with Crippen LogP contribution in [-0.4, -0.2) is 71.1 Å². The summed E-state index contributed by atoms with van der Waals surface area (Å²) in [5, 5.41) is 8.42. The highest BCUT2D eigenvalue weighted by Gasteiger charge is 2.29. The van der Waals surface area contributed by atoms with Crippen LogP contribution in [0.3, 0.4) is 0 Å². The van der Waals surface area contributed by atoms with Gasteiger partial charge in [-0.25, -0.2) is 23.2 Å². The lowest BCUT2D eigenvalue weighted by molar-refractivity contribution is -0.0644. The highest BCUT2D eigenvalue weighted by atomic mass is 32.2. The van der Waals surface area contributed by atoms with Crippen molar-refractivity contribution in [1.82, 2.24) is 14.9 Å². The Morgan fingerprint density at radius 1 is 1.03 bits per heavy atom. The van der Waals surface area contributed by atoms with Crippen LogP contribution >= 0.6 is 0 Å². The fraction of sp³-hybridized carbons (Fsp3) is 0.737. The fourth-order valence-electron chi connectivity index (χ4n) is 3.67. The Morgan fingerprint density at radius 2 is 1.62 bits per heavy atom. The Hall–Kier alpha value is -1.94. The molecule has 1 aromatic heterocycles. The highest BCUT2D eigenvalue weighted by molar-refractivity contribution is 7.91. The molecule has 1 aliphatic heterocycles. The molecule has 162 valence electrons. The van der Waals surface area contributed by atoms with Crippen LogP contribution in [-0.2, 0) is 14.6 Å². The molecular formula is C19H29N3O6S. The van der Waals surface area contributed by atoms with E-state index in [1.807, 2.05) is 0 Å². The van der Waals surface area contributed by atoms with Crippen LogP contribution in [0.1, 0.15) is 52.4 Å². The van der Waals surface area contributed by atoms with Gasteiger partial charge in [-0.15, -0.1) is 0 Å². The third kappa shape index (κ3) is 5.57. The molecule has 0 aromatic carbocycles. The fourth-order valence-corrected chi connectivity index (χ4v) is 4.55. The van der Waals surface area contributed by atoms with Crippen molar-refractivity contribution in [3.63, 3.8) is 0 Å². The average Bonchev–Trinajstić information content (AvgIpc) is 2.70. The highest BCUT2D eigenvalue weighted by Crippen LogP contribution is 2.27. The lowest BCUT2D eigenvalue weighted by Crippen LogP contribution is -2.41. The lowest BCUT2D eigenvalue weighted by Gasteiger charge is -2.35. The van der Waals surface area contributed by atoms with Crippen molar-refractivity contribution in [3.05, 3.63) is 12.4 Å². The zero-order valence-electron chi connectivity index (χ0n) is 16.9. The van der Waals surface area contributed by atoms with Gasteiger partial charge in [-0.2, -0.15) is 0 Å². The number of amides is 1. The summed E-state index contributed by atoms with van der Waals surface area (Å²) in [5.74, 6) is 0.332. The van der Waals surface area contributed by atoms with E-state index in [4.69, 9.17) is 14.6 Å². The molecule has 1 aromatic rings. The van der Waals surface area contributed by atoms with Gasteiger partial charge in [0.05, 0.1) is 29.9 Å². The van der Waals surface area contributed by atoms with E-state index in [2.05, 4.69) is 9.97 Å². The van der Waals surface area contributed by atoms with Crippen LogP contribution in [0, 0.1) is 0 Å². The summed E-state index contributed by atoms with van der Waals surface area (Å²) in [6.45, 7) is 4.27. The van der Waals surface area contributed by atoms with Crippen molar-refractivity contribution in [3.8, 4) is 5.88 Å². The first kappa shape index (κ1) is 21.8. The number of nitrogens with zero attached hydrogens (tertiary/aromatic N) is 3. The smallest absolute Gasteiger partial charge is 0.407 e. The Bertz CT molecular complexity index is 783. The van der Waals surface area contributed by atoms with Gasteiger partial charge in [0.2, 0.25) is 5.88 Å². The summed E-state index contributed by atoms with van der Waals surface area (Å²) in [6.07, 6.45) is 6.93. The number of hydrogen-bond donors (Lipinski definition) is 1. The number of sulfone groups is 1. The van der Waals surface area contributed by atoms with Crippen molar-refractivity contribution in [2.75, 3.05) is 13.1 Å². The second-order valence-electron chi connectivity index (χ2n) is 7.91. The zero-order chi connectivity index (χ0) is 21.0. The van der Waals surface area contributed by atoms with Crippen molar-refractivity contribution in [2.45, 2.75) is 81.0 Å². The minimum absolute atomic E-state index is 0.00515. The molecular weight excluding hydrogens is 398 g/mol. The Labute approximate surface area is 171 Å². The van der Waals surface area contributed by atoms with Crippen LogP contribution in [0.4, 0.5) is 4.79 Å². The van der Waals surface area contributed by atoms with Gasteiger partial charge in [0.15, 0.2) is 14.9 Å². The number of ether oxygens (including phenoxy) is 2. The first-order valence-corrected chi connectivity index (χ1v) is 11.7. The van der Waals surface area contributed by atoms with E-state index in [1.165, 1.54) is 17.3 Å². The van der Waals surface area contributed by atoms with Crippen molar-refractivity contribution in [2.24, 2.45) is 0 Å². The minimum Gasteiger partial charge on any atom is -0.473 e. The van der Waals surface area contributed by atoms with Gasteiger partial charge >= 0.3 is 6.09 Å². The van der Waals surface area contributed by atoms with Crippen LogP contribution in [0.5, 0.6) is 5.88 Å². The molecule has 9 nitrogen and oxygen atoms in total. The molecule has 2 heterocycles. The van der Waals surface area contributed by atoms with Crippen LogP contribution in [0.25, 0.3) is 0 Å². The zero-order valence-corrected chi connectivity index (χ0v) is 17.7. The summed E-state index contributed by atoms with van der Waals surface area (Å²) < 4.78 is 36.2. The summed E-state index contributed by atoms with van der Waals surface area (Å²) in [7, 11) is -3.44. The molecule has 0 radical (unpaired) electrons. The Balaban J connectivity index is 1.43. The second kappa shape index (κ2) is 9.25. The van der Waals surface area contributed by atoms with E-state index in [-0.39, 0.29) is 23.3 Å². The monoisotopic (exact) mass is 427 g/mol. The van der Waals surface area contributed by atoms with Crippen LogP contribution in [0.15, 0.2) is 17.4 Å². The van der Waals surface area contributed by atoms with Crippen molar-refractivity contribution < 1.29 is 27.8 Å². The van der Waals surface area contributed by atoms with Gasteiger partial charge in [0.1, 0.15) is 6.10 Å². The average molecular weight is 428 g/mol. The SMILES string of the molecule is CC(C)S(=O)(=O)c1cnc(O[C@H]2CC[C@H](OC3CCN(C(=O)O)CC3)CC2)cn1. The van der Waals surface area contributed by atoms with E-state index >= 15 is 0 Å². The number of carbonyl (C=O) groups is 1. The third-order valence-electron chi connectivity index (χ3n) is 5.52. The predicted octanol–water partition coefficient (Wildman–Crippen LogP) is 2.51. The molecule has 1 aliphatic carbocycles. The molecule has 0 unspecified atom stereocenters.